The Hall–Kier alpha value is -2.34. The normalized spacial score (nSPS) is 13.7. The monoisotopic (exact) mass is 256 g/mol. The van der Waals surface area contributed by atoms with Gasteiger partial charge in [-0.05, 0) is 51.6 Å². The van der Waals surface area contributed by atoms with Crippen molar-refractivity contribution in [2.75, 3.05) is 0 Å². The van der Waals surface area contributed by atoms with Gasteiger partial charge in [0.2, 0.25) is 0 Å². The van der Waals surface area contributed by atoms with Crippen molar-refractivity contribution in [2.45, 2.75) is 13.3 Å². The summed E-state index contributed by atoms with van der Waals surface area (Å²) >= 11 is 0. The second-order valence-electron chi connectivity index (χ2n) is 5.43. The second-order valence-corrected chi connectivity index (χ2v) is 5.43. The third-order valence-corrected chi connectivity index (χ3v) is 4.24. The Morgan fingerprint density at radius 3 is 2.50 bits per heavy atom. The van der Waals surface area contributed by atoms with Gasteiger partial charge in [-0.3, -0.25) is 0 Å². The summed E-state index contributed by atoms with van der Waals surface area (Å²) in [4.78, 5) is 0. The minimum atomic E-state index is 1.01. The second kappa shape index (κ2) is 4.35. The summed E-state index contributed by atoms with van der Waals surface area (Å²) in [7, 11) is 0. The van der Waals surface area contributed by atoms with Gasteiger partial charge in [-0.1, -0.05) is 66.8 Å². The molecule has 20 heavy (non-hydrogen) atoms. The van der Waals surface area contributed by atoms with Crippen LogP contribution >= 0.6 is 0 Å². The van der Waals surface area contributed by atoms with Gasteiger partial charge in [-0.15, -0.1) is 0 Å². The van der Waals surface area contributed by atoms with Crippen molar-refractivity contribution in [3.63, 3.8) is 0 Å². The maximum Gasteiger partial charge on any atom is -0.00728 e. The van der Waals surface area contributed by atoms with Crippen molar-refractivity contribution >= 4 is 27.6 Å². The van der Waals surface area contributed by atoms with Gasteiger partial charge in [-0.25, -0.2) is 0 Å². The average Bonchev–Trinajstić information content (AvgIpc) is 2.73. The molecule has 0 bridgehead atoms. The molecule has 0 fully saturated rings. The minimum Gasteiger partial charge on any atom is -0.0801 e. The van der Waals surface area contributed by atoms with E-state index in [9.17, 15) is 0 Å². The molecule has 0 amide bonds. The fraction of sp³-hybridized carbons (Fsp3) is 0.100. The van der Waals surface area contributed by atoms with Gasteiger partial charge in [0.05, 0.1) is 0 Å². The quantitative estimate of drug-likeness (QED) is 0.471. The number of hydrogen-bond donors (Lipinski definition) is 0. The van der Waals surface area contributed by atoms with E-state index >= 15 is 0 Å². The number of fused-ring (bicyclic) bond motifs is 6. The Labute approximate surface area is 119 Å². The van der Waals surface area contributed by atoms with Crippen molar-refractivity contribution < 1.29 is 0 Å². The highest BCUT2D eigenvalue weighted by Gasteiger charge is 2.13. The fourth-order valence-corrected chi connectivity index (χ4v) is 3.35. The molecule has 3 aromatic rings. The van der Waals surface area contributed by atoms with E-state index in [1.807, 2.05) is 0 Å². The van der Waals surface area contributed by atoms with Crippen molar-refractivity contribution in [3.8, 4) is 0 Å². The molecule has 1 aliphatic carbocycles. The molecule has 0 saturated heterocycles. The lowest BCUT2D eigenvalue weighted by Gasteiger charge is -2.15. The van der Waals surface area contributed by atoms with E-state index in [-0.39, 0.29) is 0 Å². The van der Waals surface area contributed by atoms with Gasteiger partial charge in [0.15, 0.2) is 0 Å². The van der Waals surface area contributed by atoms with Crippen molar-refractivity contribution in [1.29, 1.82) is 0 Å². The first-order valence-corrected chi connectivity index (χ1v) is 7.12. The molecule has 0 heteroatoms. The average molecular weight is 256 g/mol. The van der Waals surface area contributed by atoms with Crippen molar-refractivity contribution in [3.05, 3.63) is 77.4 Å². The molecule has 0 atom stereocenters. The SMILES string of the molecule is Cc1cccc2c3c(c4ccccc4c12)C=CC=CC3. The van der Waals surface area contributed by atoms with E-state index in [0.29, 0.717) is 0 Å². The number of allylic oxidation sites excluding steroid dienone is 3. The molecule has 4 rings (SSSR count). The lowest BCUT2D eigenvalue weighted by Crippen LogP contribution is -1.93. The molecule has 0 saturated carbocycles. The zero-order chi connectivity index (χ0) is 13.5. The van der Waals surface area contributed by atoms with Gasteiger partial charge >= 0.3 is 0 Å². The predicted octanol–water partition coefficient (Wildman–Crippen LogP) is 5.43. The van der Waals surface area contributed by atoms with Crippen LogP contribution in [0.3, 0.4) is 0 Å². The van der Waals surface area contributed by atoms with Crippen molar-refractivity contribution in [1.82, 2.24) is 0 Å². The molecular formula is C20H16. The van der Waals surface area contributed by atoms with Gasteiger partial charge in [0, 0.05) is 0 Å². The fourth-order valence-electron chi connectivity index (χ4n) is 3.35. The largest absolute Gasteiger partial charge is 0.0801 e. The zero-order valence-corrected chi connectivity index (χ0v) is 11.6. The highest BCUT2D eigenvalue weighted by Crippen LogP contribution is 2.36. The topological polar surface area (TPSA) is 0 Å². The predicted molar refractivity (Wildman–Crippen MR) is 88.1 cm³/mol. The number of aryl methyl sites for hydroxylation is 1. The Bertz CT molecular complexity index is 879. The lowest BCUT2D eigenvalue weighted by molar-refractivity contribution is 1.30. The third-order valence-electron chi connectivity index (χ3n) is 4.24. The van der Waals surface area contributed by atoms with E-state index in [1.165, 1.54) is 38.2 Å². The van der Waals surface area contributed by atoms with E-state index < -0.39 is 0 Å². The van der Waals surface area contributed by atoms with Gasteiger partial charge in [0.25, 0.3) is 0 Å². The smallest absolute Gasteiger partial charge is 0.00728 e. The molecule has 0 aromatic heterocycles. The number of rotatable bonds is 0. The molecule has 0 N–H and O–H groups in total. The summed E-state index contributed by atoms with van der Waals surface area (Å²) in [5.74, 6) is 0. The molecule has 3 aromatic carbocycles. The van der Waals surface area contributed by atoms with Gasteiger partial charge in [0.1, 0.15) is 0 Å². The van der Waals surface area contributed by atoms with Crippen LogP contribution in [0.25, 0.3) is 27.6 Å². The molecule has 0 spiro atoms. The maximum absolute atomic E-state index is 2.26. The van der Waals surface area contributed by atoms with Crippen LogP contribution in [0.15, 0.2) is 60.7 Å². The lowest BCUT2D eigenvalue weighted by atomic mass is 9.89. The van der Waals surface area contributed by atoms with E-state index in [4.69, 9.17) is 0 Å². The molecule has 0 aliphatic heterocycles. The van der Waals surface area contributed by atoms with E-state index in [0.717, 1.165) is 6.42 Å². The number of benzene rings is 3. The first-order valence-electron chi connectivity index (χ1n) is 7.12. The van der Waals surface area contributed by atoms with Crippen LogP contribution in [0.5, 0.6) is 0 Å². The standard InChI is InChI=1S/C20H16/c1-14-8-7-13-19-16-10-4-2-3-9-15(16)17-11-5-6-12-18(17)20(14)19/h2-9,11-13H,10H2,1H3. The van der Waals surface area contributed by atoms with Crippen LogP contribution in [-0.4, -0.2) is 0 Å². The Kier molecular flexibility index (Phi) is 2.50. The highest BCUT2D eigenvalue weighted by molar-refractivity contribution is 6.14. The first-order chi connectivity index (χ1) is 9.86. The van der Waals surface area contributed by atoms with Crippen molar-refractivity contribution in [2.24, 2.45) is 0 Å². The summed E-state index contributed by atoms with van der Waals surface area (Å²) in [6, 6.07) is 15.4. The van der Waals surface area contributed by atoms with Crippen LogP contribution in [0.4, 0.5) is 0 Å². The molecule has 0 unspecified atom stereocenters. The summed E-state index contributed by atoms with van der Waals surface area (Å²) in [6.07, 6.45) is 9.81. The van der Waals surface area contributed by atoms with Gasteiger partial charge in [-0.2, -0.15) is 0 Å². The Morgan fingerprint density at radius 1 is 0.800 bits per heavy atom. The van der Waals surface area contributed by atoms with Crippen LogP contribution in [-0.2, 0) is 6.42 Å². The molecule has 0 nitrogen and oxygen atoms in total. The molecule has 96 valence electrons. The minimum absolute atomic E-state index is 1.01. The molecule has 1 aliphatic rings. The van der Waals surface area contributed by atoms with Gasteiger partial charge < -0.3 is 0 Å². The summed E-state index contributed by atoms with van der Waals surface area (Å²) in [5.41, 5.74) is 4.19. The number of hydrogen-bond acceptors (Lipinski definition) is 0. The summed E-state index contributed by atoms with van der Waals surface area (Å²) in [6.45, 7) is 2.21. The van der Waals surface area contributed by atoms with E-state index in [1.54, 1.807) is 0 Å². The maximum atomic E-state index is 2.26. The summed E-state index contributed by atoms with van der Waals surface area (Å²) < 4.78 is 0. The zero-order valence-electron chi connectivity index (χ0n) is 11.6. The first kappa shape index (κ1) is 11.5. The third kappa shape index (κ3) is 1.55. The van der Waals surface area contributed by atoms with Crippen LogP contribution in [0.2, 0.25) is 0 Å². The van der Waals surface area contributed by atoms with E-state index in [2.05, 4.69) is 73.7 Å². The van der Waals surface area contributed by atoms with Crippen LogP contribution in [0.1, 0.15) is 16.7 Å². The molecular weight excluding hydrogens is 240 g/mol. The Morgan fingerprint density at radius 2 is 1.60 bits per heavy atom. The Balaban J connectivity index is 2.33. The van der Waals surface area contributed by atoms with Crippen LogP contribution in [0, 0.1) is 6.92 Å². The molecule has 0 radical (unpaired) electrons. The van der Waals surface area contributed by atoms with Crippen LogP contribution < -0.4 is 0 Å². The molecule has 0 heterocycles. The summed E-state index contributed by atoms with van der Waals surface area (Å²) in [5, 5.41) is 5.54. The highest BCUT2D eigenvalue weighted by atomic mass is 14.2.